The first-order valence-corrected chi connectivity index (χ1v) is 14.2. The number of hydrogen-bond acceptors (Lipinski definition) is 7. The zero-order chi connectivity index (χ0) is 32.1. The zero-order valence-electron chi connectivity index (χ0n) is 24.0. The lowest BCUT2D eigenvalue weighted by Crippen LogP contribution is -2.52. The number of primary amides is 1. The minimum absolute atomic E-state index is 0.000257. The van der Waals surface area contributed by atoms with Gasteiger partial charge in [0.15, 0.2) is 0 Å². The van der Waals surface area contributed by atoms with Crippen molar-refractivity contribution in [2.75, 3.05) is 13.2 Å². The fraction of sp³-hybridized carbons (Fsp3) is 0.312. The van der Waals surface area contributed by atoms with Crippen LogP contribution in [0.4, 0.5) is 17.6 Å². The molecule has 2 aromatic heterocycles. The molecule has 1 unspecified atom stereocenters. The number of aliphatic hydroxyl groups is 1. The van der Waals surface area contributed by atoms with Gasteiger partial charge >= 0.3 is 6.18 Å². The summed E-state index contributed by atoms with van der Waals surface area (Å²) >= 11 is 0. The number of carbonyl (C=O) groups excluding carboxylic acids is 2. The standard InChI is InChI=1S/C32H28F4N4O5/c1-2-30(29(37)42)16-44-27-22(30)14-24(40-26(27)17-5-7-20(33)8-6-17)31(43,32(34,35)36)15-39-28(41)19-12-18-4-3-11-38-25(18)23(13-19)45-21-9-10-21/h3-8,11-14,21,43H,2,9-10,15-16H2,1H3,(H2,37,42)(H,39,41)/t30-,31?/m1/s1. The van der Waals surface area contributed by atoms with E-state index in [0.717, 1.165) is 31.0 Å². The van der Waals surface area contributed by atoms with E-state index in [1.54, 1.807) is 25.3 Å². The van der Waals surface area contributed by atoms with Gasteiger partial charge < -0.3 is 25.6 Å². The molecule has 2 aromatic carbocycles. The molecule has 0 spiro atoms. The van der Waals surface area contributed by atoms with Gasteiger partial charge in [0.2, 0.25) is 11.5 Å². The Labute approximate surface area is 254 Å². The smallest absolute Gasteiger partial charge is 0.424 e. The van der Waals surface area contributed by atoms with Crippen molar-refractivity contribution in [3.63, 3.8) is 0 Å². The van der Waals surface area contributed by atoms with Gasteiger partial charge in [-0.15, -0.1) is 0 Å². The molecule has 0 radical (unpaired) electrons. The summed E-state index contributed by atoms with van der Waals surface area (Å²) in [6, 6.07) is 11.9. The van der Waals surface area contributed by atoms with E-state index >= 15 is 0 Å². The summed E-state index contributed by atoms with van der Waals surface area (Å²) in [5.41, 5.74) is 0.0812. The van der Waals surface area contributed by atoms with E-state index in [-0.39, 0.29) is 47.3 Å². The van der Waals surface area contributed by atoms with Gasteiger partial charge in [0.05, 0.1) is 18.3 Å². The number of pyridine rings is 2. The summed E-state index contributed by atoms with van der Waals surface area (Å²) in [6.07, 6.45) is -2.09. The number of carbonyl (C=O) groups is 2. The Morgan fingerprint density at radius 1 is 1.16 bits per heavy atom. The molecule has 6 rings (SSSR count). The van der Waals surface area contributed by atoms with E-state index < -0.39 is 47.1 Å². The molecule has 234 valence electrons. The van der Waals surface area contributed by atoms with Crippen molar-refractivity contribution >= 4 is 22.7 Å². The van der Waals surface area contributed by atoms with Gasteiger partial charge in [0.1, 0.15) is 40.5 Å². The van der Waals surface area contributed by atoms with Crippen LogP contribution in [0.25, 0.3) is 22.2 Å². The molecule has 9 nitrogen and oxygen atoms in total. The normalized spacial score (nSPS) is 19.0. The number of rotatable bonds is 9. The lowest BCUT2D eigenvalue weighted by molar-refractivity contribution is -0.265. The second-order valence-electron chi connectivity index (χ2n) is 11.2. The summed E-state index contributed by atoms with van der Waals surface area (Å²) in [6.45, 7) is 0.0263. The van der Waals surface area contributed by atoms with E-state index in [1.165, 1.54) is 24.3 Å². The number of nitrogens with zero attached hydrogens (tertiary/aromatic N) is 2. The highest BCUT2D eigenvalue weighted by Crippen LogP contribution is 2.49. The largest absolute Gasteiger partial charge is 0.489 e. The Balaban J connectivity index is 1.41. The minimum Gasteiger partial charge on any atom is -0.489 e. The van der Waals surface area contributed by atoms with Crippen molar-refractivity contribution in [2.45, 2.75) is 49.5 Å². The number of amides is 2. The number of nitrogens with one attached hydrogen (secondary N) is 1. The van der Waals surface area contributed by atoms with Crippen molar-refractivity contribution in [2.24, 2.45) is 5.73 Å². The number of halogens is 4. The Hall–Kier alpha value is -4.78. The number of fused-ring (bicyclic) bond motifs is 2. The molecule has 1 saturated carbocycles. The van der Waals surface area contributed by atoms with Crippen LogP contribution in [-0.4, -0.2) is 52.3 Å². The molecule has 4 N–H and O–H groups in total. The number of aromatic nitrogens is 2. The molecular formula is C32H28F4N4O5. The Bertz CT molecular complexity index is 1810. The highest BCUT2D eigenvalue weighted by atomic mass is 19.4. The van der Waals surface area contributed by atoms with Gasteiger partial charge in [-0.25, -0.2) is 9.37 Å². The molecule has 2 aliphatic rings. The minimum atomic E-state index is -5.35. The number of hydrogen-bond donors (Lipinski definition) is 3. The molecule has 45 heavy (non-hydrogen) atoms. The maximum absolute atomic E-state index is 14.8. The van der Waals surface area contributed by atoms with Gasteiger partial charge in [0, 0.05) is 28.3 Å². The van der Waals surface area contributed by atoms with Crippen LogP contribution >= 0.6 is 0 Å². The molecule has 13 heteroatoms. The van der Waals surface area contributed by atoms with Crippen LogP contribution in [0.3, 0.4) is 0 Å². The van der Waals surface area contributed by atoms with Crippen LogP contribution in [-0.2, 0) is 15.8 Å². The van der Waals surface area contributed by atoms with Crippen molar-refractivity contribution < 1.29 is 41.7 Å². The van der Waals surface area contributed by atoms with Gasteiger partial charge in [-0.3, -0.25) is 14.6 Å². The Morgan fingerprint density at radius 3 is 2.53 bits per heavy atom. The van der Waals surface area contributed by atoms with Crippen molar-refractivity contribution in [1.29, 1.82) is 0 Å². The fourth-order valence-corrected chi connectivity index (χ4v) is 5.39. The molecule has 2 amide bonds. The lowest BCUT2D eigenvalue weighted by Gasteiger charge is -2.32. The fourth-order valence-electron chi connectivity index (χ4n) is 5.39. The lowest BCUT2D eigenvalue weighted by atomic mass is 9.78. The first-order chi connectivity index (χ1) is 21.4. The maximum atomic E-state index is 14.8. The summed E-state index contributed by atoms with van der Waals surface area (Å²) in [7, 11) is 0. The Kier molecular flexibility index (Phi) is 7.39. The number of ether oxygens (including phenoxy) is 2. The first-order valence-electron chi connectivity index (χ1n) is 14.2. The topological polar surface area (TPSA) is 137 Å². The molecule has 1 aliphatic carbocycles. The molecule has 0 bridgehead atoms. The summed E-state index contributed by atoms with van der Waals surface area (Å²) in [5.74, 6) is -2.04. The van der Waals surface area contributed by atoms with Crippen molar-refractivity contribution in [3.8, 4) is 22.8 Å². The average Bonchev–Trinajstić information content (AvgIpc) is 3.75. The van der Waals surface area contributed by atoms with Gasteiger partial charge in [0.25, 0.3) is 5.91 Å². The third-order valence-electron chi connectivity index (χ3n) is 8.29. The van der Waals surface area contributed by atoms with Crippen LogP contribution in [0.2, 0.25) is 0 Å². The second kappa shape index (κ2) is 11.0. The SMILES string of the molecule is CC[C@@]1(C(N)=O)COc2c1cc(C(O)(CNC(=O)c1cc(OC3CC3)c3ncccc3c1)C(F)(F)F)nc2-c1ccc(F)cc1. The van der Waals surface area contributed by atoms with Crippen LogP contribution in [0.1, 0.15) is 47.8 Å². The van der Waals surface area contributed by atoms with Gasteiger partial charge in [-0.2, -0.15) is 13.2 Å². The van der Waals surface area contributed by atoms with E-state index in [4.69, 9.17) is 15.2 Å². The van der Waals surface area contributed by atoms with E-state index in [2.05, 4.69) is 15.3 Å². The van der Waals surface area contributed by atoms with Crippen LogP contribution < -0.4 is 20.5 Å². The van der Waals surface area contributed by atoms with Gasteiger partial charge in [-0.1, -0.05) is 13.0 Å². The second-order valence-corrected chi connectivity index (χ2v) is 11.2. The third kappa shape index (κ3) is 5.30. The average molecular weight is 625 g/mol. The predicted molar refractivity (Wildman–Crippen MR) is 154 cm³/mol. The highest BCUT2D eigenvalue weighted by Gasteiger charge is 2.58. The van der Waals surface area contributed by atoms with Crippen molar-refractivity contribution in [1.82, 2.24) is 15.3 Å². The number of nitrogens with two attached hydrogens (primary N) is 1. The monoisotopic (exact) mass is 624 g/mol. The van der Waals surface area contributed by atoms with Gasteiger partial charge in [-0.05, 0) is 67.8 Å². The van der Waals surface area contributed by atoms with E-state index in [0.29, 0.717) is 16.7 Å². The molecular weight excluding hydrogens is 596 g/mol. The predicted octanol–water partition coefficient (Wildman–Crippen LogP) is 4.68. The third-order valence-corrected chi connectivity index (χ3v) is 8.29. The summed E-state index contributed by atoms with van der Waals surface area (Å²) in [4.78, 5) is 34.4. The first kappa shape index (κ1) is 30.3. The van der Waals surface area contributed by atoms with Crippen LogP contribution in [0.15, 0.2) is 60.8 Å². The molecule has 2 atom stereocenters. The van der Waals surface area contributed by atoms with Crippen LogP contribution in [0.5, 0.6) is 11.5 Å². The number of alkyl halides is 3. The summed E-state index contributed by atoms with van der Waals surface area (Å²) < 4.78 is 69.8. The van der Waals surface area contributed by atoms with E-state index in [9.17, 15) is 32.3 Å². The molecule has 1 aliphatic heterocycles. The zero-order valence-corrected chi connectivity index (χ0v) is 24.0. The summed E-state index contributed by atoms with van der Waals surface area (Å²) in [5, 5.41) is 14.1. The maximum Gasteiger partial charge on any atom is 0.424 e. The molecule has 4 aromatic rings. The Morgan fingerprint density at radius 2 is 1.89 bits per heavy atom. The highest BCUT2D eigenvalue weighted by molar-refractivity contribution is 6.00. The number of benzene rings is 2. The van der Waals surface area contributed by atoms with E-state index in [1.807, 2.05) is 0 Å². The van der Waals surface area contributed by atoms with Crippen molar-refractivity contribution in [3.05, 3.63) is 83.4 Å². The molecule has 1 fully saturated rings. The quantitative estimate of drug-likeness (QED) is 0.230. The molecule has 3 heterocycles. The van der Waals surface area contributed by atoms with Crippen LogP contribution in [0, 0.1) is 5.82 Å². The molecule has 0 saturated heterocycles.